The van der Waals surface area contributed by atoms with Crippen LogP contribution < -0.4 is 16.4 Å². The Hall–Kier alpha value is -2.33. The molecule has 0 bridgehead atoms. The highest BCUT2D eigenvalue weighted by Crippen LogP contribution is 2.64. The monoisotopic (exact) mass is 711 g/mol. The molecule has 45 heavy (non-hydrogen) atoms. The number of aromatic nitrogens is 6. The van der Waals surface area contributed by atoms with E-state index in [9.17, 15) is 9.79 Å². The van der Waals surface area contributed by atoms with Crippen molar-refractivity contribution in [3.63, 3.8) is 0 Å². The van der Waals surface area contributed by atoms with Gasteiger partial charge >= 0.3 is 13.9 Å². The number of thiol groups is 1. The van der Waals surface area contributed by atoms with E-state index in [4.69, 9.17) is 50.8 Å². The van der Waals surface area contributed by atoms with Gasteiger partial charge < -0.3 is 35.3 Å². The third kappa shape index (κ3) is 6.22. The van der Waals surface area contributed by atoms with Crippen molar-refractivity contribution >= 4 is 78.9 Å². The Bertz CT molecular complexity index is 1650. The molecule has 2 unspecified atom stereocenters. The van der Waals surface area contributed by atoms with Gasteiger partial charge in [-0.15, -0.1) is 0 Å². The minimum absolute atomic E-state index is 0.0108. The van der Waals surface area contributed by atoms with Crippen molar-refractivity contribution in [2.24, 2.45) is 4.99 Å². The van der Waals surface area contributed by atoms with Crippen molar-refractivity contribution in [3.8, 4) is 0 Å². The fourth-order valence-corrected chi connectivity index (χ4v) is 8.06. The number of fused-ring (bicyclic) bond motifs is 3. The van der Waals surface area contributed by atoms with Crippen LogP contribution in [-0.4, -0.2) is 109 Å². The molecule has 3 aliphatic rings. The number of aliphatic imine (C=N–C) groups is 1. The summed E-state index contributed by atoms with van der Waals surface area (Å²) in [6, 6.07) is 0. The fraction of sp³-hybridized carbons (Fsp3) is 0.524. The molecule has 0 aliphatic carbocycles. The van der Waals surface area contributed by atoms with E-state index in [0.717, 1.165) is 6.33 Å². The van der Waals surface area contributed by atoms with Crippen molar-refractivity contribution in [3.05, 3.63) is 19.0 Å². The second kappa shape index (κ2) is 12.4. The number of imidazole rings is 1. The lowest BCUT2D eigenvalue weighted by Crippen LogP contribution is -2.41. The Morgan fingerprint density at radius 2 is 1.82 bits per heavy atom. The van der Waals surface area contributed by atoms with Crippen LogP contribution in [0, 0.1) is 0 Å². The second-order valence-corrected chi connectivity index (χ2v) is 15.7. The molecular weight excluding hydrogens is 684 g/mol. The lowest BCUT2D eigenvalue weighted by molar-refractivity contribution is -0.0534. The van der Waals surface area contributed by atoms with Crippen molar-refractivity contribution in [2.75, 3.05) is 36.6 Å². The van der Waals surface area contributed by atoms with Gasteiger partial charge in [-0.2, -0.15) is 13.9 Å². The van der Waals surface area contributed by atoms with Crippen LogP contribution >= 0.6 is 26.1 Å². The second-order valence-electron chi connectivity index (χ2n) is 9.99. The molecule has 3 aliphatic heterocycles. The van der Waals surface area contributed by atoms with E-state index in [1.165, 1.54) is 29.2 Å². The molecule has 0 spiro atoms. The summed E-state index contributed by atoms with van der Waals surface area (Å²) in [5.41, 5.74) is 12.1. The number of alkyl halides is 2. The van der Waals surface area contributed by atoms with Gasteiger partial charge in [0.15, 0.2) is 54.0 Å². The van der Waals surface area contributed by atoms with Crippen LogP contribution in [0.4, 0.5) is 31.9 Å². The molecule has 6 heterocycles. The molecule has 3 fully saturated rings. The molecule has 24 heteroatoms. The lowest BCUT2D eigenvalue weighted by atomic mass is 10.1. The van der Waals surface area contributed by atoms with Crippen LogP contribution in [0.5, 0.6) is 0 Å². The molecule has 0 aromatic carbocycles. The molecular formula is C21H27F2N10O8P2S2+. The number of ether oxygens (including phenoxy) is 2. The highest BCUT2D eigenvalue weighted by Gasteiger charge is 2.58. The SMILES string of the molecule is C=Nc1c(N)ncnc1N(C)[C@@H]1O[C@@H]2COP(O)(=S)O[C@H]3[C@H](F)[C@H](n4cnc5c(N)ncnc54)O[C@@H]3CO[P+](O)(S)O[C@H]2[C@@H]1F. The highest BCUT2D eigenvalue weighted by atomic mass is 32.7. The van der Waals surface area contributed by atoms with E-state index < -0.39 is 76.3 Å². The molecule has 0 amide bonds. The average molecular weight is 712 g/mol. The standard InChI is InChI=1S/C21H26F2N10O8P2S2/c1-26-12-16(24)27-5-29-18(12)32(2)20-10(22)14-8(38-20)3-36-43(35,45)41-15-9(4-37-42(34,44)40-14)39-21(11(15)23)33-7-31-13-17(25)28-6-30-19(13)33/h5-11,14-15,20-21,34,44H,1,3-4H2,2H3,(H4-,24,25,27,28,29,30,35,45)/p+1/t8-,9-,10+,11+,14-,15-,20-,21-,42?,43?/m1/s1. The molecule has 0 saturated carbocycles. The predicted octanol–water partition coefficient (Wildman–Crippen LogP) is 1.18. The minimum Gasteiger partial charge on any atom is -0.382 e. The molecule has 3 saturated heterocycles. The molecule has 3 aromatic rings. The third-order valence-electron chi connectivity index (χ3n) is 7.22. The Balaban J connectivity index is 1.26. The van der Waals surface area contributed by atoms with E-state index in [1.54, 1.807) is 0 Å². The van der Waals surface area contributed by atoms with Gasteiger partial charge in [-0.25, -0.2) is 33.7 Å². The Labute approximate surface area is 264 Å². The summed E-state index contributed by atoms with van der Waals surface area (Å²) in [6.07, 6.45) is -8.97. The first-order chi connectivity index (χ1) is 21.3. The van der Waals surface area contributed by atoms with Gasteiger partial charge in [0.25, 0.3) is 0 Å². The summed E-state index contributed by atoms with van der Waals surface area (Å²) in [5.74, 6) is 0.133. The number of nitrogens with two attached hydrogens (primary N) is 2. The van der Waals surface area contributed by atoms with Gasteiger partial charge in [-0.1, -0.05) is 0 Å². The van der Waals surface area contributed by atoms with Crippen molar-refractivity contribution in [1.82, 2.24) is 29.5 Å². The summed E-state index contributed by atoms with van der Waals surface area (Å²) in [4.78, 5) is 47.0. The zero-order chi connectivity index (χ0) is 32.3. The smallest absolute Gasteiger partial charge is 0.382 e. The first-order valence-corrected chi connectivity index (χ1v) is 18.3. The fourth-order valence-electron chi connectivity index (χ4n) is 5.12. The summed E-state index contributed by atoms with van der Waals surface area (Å²) in [6.45, 7) is -1.98. The topological polar surface area (TPSA) is 233 Å². The average Bonchev–Trinajstić information content (AvgIpc) is 3.64. The van der Waals surface area contributed by atoms with Crippen LogP contribution in [0.1, 0.15) is 6.23 Å². The normalized spacial score (nSPS) is 37.4. The molecule has 6 rings (SSSR count). The van der Waals surface area contributed by atoms with Gasteiger partial charge in [0.1, 0.15) is 48.8 Å². The summed E-state index contributed by atoms with van der Waals surface area (Å²) < 4.78 is 67.2. The molecule has 0 radical (unpaired) electrons. The maximum atomic E-state index is 16.0. The van der Waals surface area contributed by atoms with Crippen molar-refractivity contribution in [2.45, 2.75) is 49.2 Å². The number of anilines is 3. The Kier molecular flexibility index (Phi) is 8.96. The lowest BCUT2D eigenvalue weighted by Gasteiger charge is -2.28. The summed E-state index contributed by atoms with van der Waals surface area (Å²) in [7, 11) is -2.70. The Morgan fingerprint density at radius 1 is 1.11 bits per heavy atom. The Morgan fingerprint density at radius 3 is 2.58 bits per heavy atom. The number of nitrogens with zero attached hydrogens (tertiary/aromatic N) is 8. The van der Waals surface area contributed by atoms with E-state index >= 15 is 8.78 Å². The maximum Gasteiger partial charge on any atom is 0.476 e. The zero-order valence-corrected chi connectivity index (χ0v) is 26.6. The number of hydrogen-bond donors (Lipinski definition) is 5. The number of rotatable bonds is 4. The van der Waals surface area contributed by atoms with Gasteiger partial charge in [-0.3, -0.25) is 14.1 Å². The highest BCUT2D eigenvalue weighted by molar-refractivity contribution is 8.47. The van der Waals surface area contributed by atoms with Gasteiger partial charge in [0.05, 0.1) is 25.2 Å². The van der Waals surface area contributed by atoms with E-state index in [-0.39, 0.29) is 34.3 Å². The van der Waals surface area contributed by atoms with Crippen LogP contribution in [0.15, 0.2) is 24.0 Å². The van der Waals surface area contributed by atoms with Crippen LogP contribution in [-0.2, 0) is 39.4 Å². The summed E-state index contributed by atoms with van der Waals surface area (Å²) >= 11 is 9.28. The van der Waals surface area contributed by atoms with Gasteiger partial charge in [0.2, 0.25) is 0 Å². The molecule has 10 atom stereocenters. The zero-order valence-electron chi connectivity index (χ0n) is 23.1. The van der Waals surface area contributed by atoms with Crippen LogP contribution in [0.25, 0.3) is 11.2 Å². The first kappa shape index (κ1) is 32.6. The number of halogens is 2. The van der Waals surface area contributed by atoms with E-state index in [1.807, 2.05) is 0 Å². The van der Waals surface area contributed by atoms with E-state index in [0.29, 0.717) is 0 Å². The maximum absolute atomic E-state index is 16.0. The molecule has 6 N–H and O–H groups in total. The van der Waals surface area contributed by atoms with Crippen molar-refractivity contribution in [1.29, 1.82) is 0 Å². The third-order valence-corrected chi connectivity index (χ3v) is 10.4. The number of nitrogen functional groups attached to an aromatic ring is 2. The first-order valence-electron chi connectivity index (χ1n) is 13.0. The van der Waals surface area contributed by atoms with Gasteiger partial charge in [-0.05, 0) is 18.5 Å². The summed E-state index contributed by atoms with van der Waals surface area (Å²) in [5, 5.41) is 0. The van der Waals surface area contributed by atoms with Gasteiger partial charge in [0, 0.05) is 7.05 Å². The van der Waals surface area contributed by atoms with E-state index in [2.05, 4.69) is 48.9 Å². The minimum atomic E-state index is -4.24. The largest absolute Gasteiger partial charge is 0.476 e. The molecule has 244 valence electrons. The molecule has 18 nitrogen and oxygen atoms in total. The van der Waals surface area contributed by atoms with Crippen molar-refractivity contribution < 1.29 is 46.1 Å². The quantitative estimate of drug-likeness (QED) is 0.145. The molecule has 3 aromatic heterocycles. The van der Waals surface area contributed by atoms with Crippen LogP contribution in [0.3, 0.4) is 0 Å². The predicted molar refractivity (Wildman–Crippen MR) is 162 cm³/mol. The number of hydrogen-bond acceptors (Lipinski definition) is 18. The van der Waals surface area contributed by atoms with Crippen LogP contribution in [0.2, 0.25) is 0 Å².